The van der Waals surface area contributed by atoms with Gasteiger partial charge in [-0.3, -0.25) is 14.2 Å². The molecule has 0 radical (unpaired) electrons. The quantitative estimate of drug-likeness (QED) is 0.639. The van der Waals surface area contributed by atoms with Gasteiger partial charge in [0.2, 0.25) is 12.7 Å². The van der Waals surface area contributed by atoms with Gasteiger partial charge in [0.15, 0.2) is 16.3 Å². The van der Waals surface area contributed by atoms with Crippen LogP contribution in [0.5, 0.6) is 11.5 Å². The van der Waals surface area contributed by atoms with Crippen molar-refractivity contribution in [1.82, 2.24) is 14.9 Å². The van der Waals surface area contributed by atoms with Gasteiger partial charge in [0.05, 0.1) is 10.9 Å². The van der Waals surface area contributed by atoms with Crippen molar-refractivity contribution in [3.63, 3.8) is 0 Å². The molecule has 0 aliphatic carbocycles. The molecule has 0 atom stereocenters. The van der Waals surface area contributed by atoms with Crippen LogP contribution in [0, 0.1) is 4.77 Å². The van der Waals surface area contributed by atoms with E-state index in [1.807, 2.05) is 0 Å². The second-order valence-corrected chi connectivity index (χ2v) is 5.37. The van der Waals surface area contributed by atoms with Gasteiger partial charge < -0.3 is 19.8 Å². The summed E-state index contributed by atoms with van der Waals surface area (Å²) < 4.78 is 12.2. The Balaban J connectivity index is 1.93. The summed E-state index contributed by atoms with van der Waals surface area (Å²) in [6, 6.07) is 3.32. The number of ether oxygens (including phenoxy) is 2. The number of amides is 1. The van der Waals surface area contributed by atoms with E-state index in [4.69, 9.17) is 21.7 Å². The minimum atomic E-state index is -0.265. The standard InChI is InChI=1S/C15H15N3O4S/c1-2-4-16-13(19)3-5-18-14(20)9-6-11-12(22-8-21-11)7-10(9)17-15(18)23/h2,6-7H,1,3-5,8H2,(H,16,19)(H,17,23). The number of hydrogen-bond donors (Lipinski definition) is 2. The topological polar surface area (TPSA) is 85.4 Å². The molecule has 120 valence electrons. The van der Waals surface area contributed by atoms with E-state index in [0.717, 1.165) is 0 Å². The van der Waals surface area contributed by atoms with Crippen LogP contribution in [-0.4, -0.2) is 28.8 Å². The second-order valence-electron chi connectivity index (χ2n) is 4.98. The molecule has 2 aromatic rings. The highest BCUT2D eigenvalue weighted by Crippen LogP contribution is 2.34. The number of carbonyl (C=O) groups excluding carboxylic acids is 1. The lowest BCUT2D eigenvalue weighted by atomic mass is 10.2. The number of benzene rings is 1. The van der Waals surface area contributed by atoms with Gasteiger partial charge in [-0.05, 0) is 18.3 Å². The van der Waals surface area contributed by atoms with Crippen molar-refractivity contribution in [2.45, 2.75) is 13.0 Å². The number of fused-ring (bicyclic) bond motifs is 2. The van der Waals surface area contributed by atoms with Crippen LogP contribution < -0.4 is 20.3 Å². The zero-order valence-corrected chi connectivity index (χ0v) is 13.1. The maximum atomic E-state index is 12.6. The summed E-state index contributed by atoms with van der Waals surface area (Å²) in [5.41, 5.74) is 0.315. The van der Waals surface area contributed by atoms with E-state index in [1.165, 1.54) is 4.57 Å². The summed E-state index contributed by atoms with van der Waals surface area (Å²) in [7, 11) is 0. The van der Waals surface area contributed by atoms with Crippen molar-refractivity contribution >= 4 is 29.0 Å². The van der Waals surface area contributed by atoms with Gasteiger partial charge in [0, 0.05) is 25.6 Å². The fourth-order valence-corrected chi connectivity index (χ4v) is 2.62. The molecule has 0 spiro atoms. The third-order valence-electron chi connectivity index (χ3n) is 3.48. The number of H-pyrrole nitrogens is 1. The van der Waals surface area contributed by atoms with Crippen molar-refractivity contribution in [3.8, 4) is 11.5 Å². The molecule has 2 heterocycles. The summed E-state index contributed by atoms with van der Waals surface area (Å²) in [5, 5.41) is 3.10. The zero-order valence-electron chi connectivity index (χ0n) is 12.3. The van der Waals surface area contributed by atoms with Gasteiger partial charge in [0.1, 0.15) is 0 Å². The zero-order chi connectivity index (χ0) is 16.4. The maximum Gasteiger partial charge on any atom is 0.262 e. The first-order valence-corrected chi connectivity index (χ1v) is 7.45. The number of aromatic nitrogens is 2. The second kappa shape index (κ2) is 6.25. The van der Waals surface area contributed by atoms with Crippen LogP contribution in [0.4, 0.5) is 0 Å². The van der Waals surface area contributed by atoms with Crippen LogP contribution in [0.2, 0.25) is 0 Å². The average Bonchev–Trinajstić information content (AvgIpc) is 2.98. The normalized spacial score (nSPS) is 12.3. The molecule has 2 N–H and O–H groups in total. The van der Waals surface area contributed by atoms with E-state index < -0.39 is 0 Å². The van der Waals surface area contributed by atoms with Gasteiger partial charge in [-0.1, -0.05) is 6.08 Å². The third kappa shape index (κ3) is 2.98. The molecule has 7 nitrogen and oxygen atoms in total. The summed E-state index contributed by atoms with van der Waals surface area (Å²) in [5.74, 6) is 0.927. The number of aromatic amines is 1. The molecule has 3 rings (SSSR count). The van der Waals surface area contributed by atoms with E-state index >= 15 is 0 Å². The van der Waals surface area contributed by atoms with Crippen LogP contribution in [-0.2, 0) is 11.3 Å². The highest BCUT2D eigenvalue weighted by atomic mass is 32.1. The number of hydrogen-bond acceptors (Lipinski definition) is 5. The molecule has 0 saturated carbocycles. The van der Waals surface area contributed by atoms with Crippen molar-refractivity contribution in [2.24, 2.45) is 0 Å². The lowest BCUT2D eigenvalue weighted by Crippen LogP contribution is -2.28. The van der Waals surface area contributed by atoms with E-state index in [9.17, 15) is 9.59 Å². The minimum absolute atomic E-state index is 0.129. The number of rotatable bonds is 5. The molecule has 1 aromatic heterocycles. The maximum absolute atomic E-state index is 12.6. The molecule has 1 aliphatic rings. The third-order valence-corrected chi connectivity index (χ3v) is 3.80. The minimum Gasteiger partial charge on any atom is -0.454 e. The van der Waals surface area contributed by atoms with Crippen LogP contribution in [0.25, 0.3) is 10.9 Å². The molecule has 1 aromatic carbocycles. The molecule has 23 heavy (non-hydrogen) atoms. The smallest absolute Gasteiger partial charge is 0.262 e. The molecule has 0 saturated heterocycles. The number of nitrogens with zero attached hydrogens (tertiary/aromatic N) is 1. The number of carbonyl (C=O) groups is 1. The highest BCUT2D eigenvalue weighted by Gasteiger charge is 2.17. The first-order chi connectivity index (χ1) is 11.1. The summed E-state index contributed by atoms with van der Waals surface area (Å²) in [6.45, 7) is 4.24. The van der Waals surface area contributed by atoms with Gasteiger partial charge in [-0.2, -0.15) is 0 Å². The molecular weight excluding hydrogens is 318 g/mol. The van der Waals surface area contributed by atoms with E-state index in [1.54, 1.807) is 18.2 Å². The van der Waals surface area contributed by atoms with Crippen LogP contribution in [0.3, 0.4) is 0 Å². The van der Waals surface area contributed by atoms with Crippen LogP contribution >= 0.6 is 12.2 Å². The lowest BCUT2D eigenvalue weighted by molar-refractivity contribution is -0.121. The van der Waals surface area contributed by atoms with Gasteiger partial charge in [0.25, 0.3) is 5.56 Å². The fourth-order valence-electron chi connectivity index (χ4n) is 2.33. The van der Waals surface area contributed by atoms with E-state index in [-0.39, 0.29) is 36.0 Å². The van der Waals surface area contributed by atoms with Gasteiger partial charge in [-0.25, -0.2) is 0 Å². The number of nitrogens with one attached hydrogen (secondary N) is 2. The first-order valence-electron chi connectivity index (χ1n) is 7.04. The Morgan fingerprint density at radius 3 is 2.91 bits per heavy atom. The molecule has 8 heteroatoms. The fraction of sp³-hybridized carbons (Fsp3) is 0.267. The lowest BCUT2D eigenvalue weighted by Gasteiger charge is -2.08. The average molecular weight is 333 g/mol. The monoisotopic (exact) mass is 333 g/mol. The van der Waals surface area contributed by atoms with E-state index in [2.05, 4.69) is 16.9 Å². The van der Waals surface area contributed by atoms with E-state index in [0.29, 0.717) is 28.9 Å². The van der Waals surface area contributed by atoms with Crippen LogP contribution in [0.1, 0.15) is 6.42 Å². The van der Waals surface area contributed by atoms with Crippen molar-refractivity contribution in [1.29, 1.82) is 0 Å². The van der Waals surface area contributed by atoms with Gasteiger partial charge in [-0.15, -0.1) is 6.58 Å². The van der Waals surface area contributed by atoms with Crippen molar-refractivity contribution in [2.75, 3.05) is 13.3 Å². The highest BCUT2D eigenvalue weighted by molar-refractivity contribution is 7.71. The molecule has 1 aliphatic heterocycles. The first kappa shape index (κ1) is 15.3. The van der Waals surface area contributed by atoms with Crippen molar-refractivity contribution < 1.29 is 14.3 Å². The summed E-state index contributed by atoms with van der Waals surface area (Å²) in [4.78, 5) is 27.3. The summed E-state index contributed by atoms with van der Waals surface area (Å²) in [6.07, 6.45) is 1.75. The molecule has 0 bridgehead atoms. The van der Waals surface area contributed by atoms with Crippen LogP contribution in [0.15, 0.2) is 29.6 Å². The molecule has 0 fully saturated rings. The Bertz CT molecular complexity index is 900. The Hall–Kier alpha value is -2.61. The predicted molar refractivity (Wildman–Crippen MR) is 87.3 cm³/mol. The molecular formula is C15H15N3O4S. The molecule has 0 unspecified atom stereocenters. The Morgan fingerprint density at radius 1 is 1.43 bits per heavy atom. The predicted octanol–water partition coefficient (Wildman–Crippen LogP) is 1.48. The molecule has 1 amide bonds. The Kier molecular flexibility index (Phi) is 4.16. The SMILES string of the molecule is C=CCNC(=O)CCn1c(=S)[nH]c2cc3c(cc2c1=O)OCO3. The summed E-state index contributed by atoms with van der Waals surface area (Å²) >= 11 is 5.22. The Morgan fingerprint density at radius 2 is 2.17 bits per heavy atom. The largest absolute Gasteiger partial charge is 0.454 e. The Labute approximate surface area is 136 Å². The van der Waals surface area contributed by atoms with Gasteiger partial charge >= 0.3 is 0 Å². The van der Waals surface area contributed by atoms with Crippen molar-refractivity contribution in [3.05, 3.63) is 39.9 Å².